The second-order valence-corrected chi connectivity index (χ2v) is 5.96. The van der Waals surface area contributed by atoms with E-state index in [1.165, 1.54) is 0 Å². The molecule has 0 amide bonds. The maximum absolute atomic E-state index is 6.02. The van der Waals surface area contributed by atoms with Gasteiger partial charge in [-0.1, -0.05) is 13.8 Å². The smallest absolute Gasteiger partial charge is 0.222 e. The third kappa shape index (κ3) is 2.46. The Morgan fingerprint density at radius 3 is 2.50 bits per heavy atom. The van der Waals surface area contributed by atoms with Crippen molar-refractivity contribution < 1.29 is 4.74 Å². The lowest BCUT2D eigenvalue weighted by atomic mass is 10.1. The number of rotatable bonds is 3. The maximum atomic E-state index is 6.02. The number of nitrogens with zero attached hydrogens (tertiary/aromatic N) is 4. The van der Waals surface area contributed by atoms with E-state index in [-0.39, 0.29) is 5.92 Å². The number of hydrogen-bond donors (Lipinski definition) is 1. The number of halogens is 1. The van der Waals surface area contributed by atoms with E-state index < -0.39 is 0 Å². The summed E-state index contributed by atoms with van der Waals surface area (Å²) in [5.74, 6) is 1.96. The highest BCUT2D eigenvalue weighted by Crippen LogP contribution is 2.33. The Morgan fingerprint density at radius 2 is 1.95 bits per heavy atom. The van der Waals surface area contributed by atoms with Crippen LogP contribution in [-0.2, 0) is 7.05 Å². The van der Waals surface area contributed by atoms with Gasteiger partial charge in [0.15, 0.2) is 5.82 Å². The van der Waals surface area contributed by atoms with Gasteiger partial charge in [-0.15, -0.1) is 0 Å². The predicted octanol–water partition coefficient (Wildman–Crippen LogP) is 2.50. The Labute approximate surface area is 131 Å². The number of methoxy groups -OCH3 is 1. The molecular formula is C13H18IN5O. The molecule has 0 aromatic carbocycles. The van der Waals surface area contributed by atoms with E-state index in [1.54, 1.807) is 11.8 Å². The topological polar surface area (TPSA) is 78.8 Å². The number of aromatic nitrogens is 4. The van der Waals surface area contributed by atoms with Gasteiger partial charge in [0, 0.05) is 7.05 Å². The van der Waals surface area contributed by atoms with Crippen molar-refractivity contribution in [2.24, 2.45) is 7.05 Å². The zero-order valence-electron chi connectivity index (χ0n) is 12.2. The van der Waals surface area contributed by atoms with Crippen LogP contribution in [0.5, 0.6) is 5.88 Å². The number of ether oxygens (including phenoxy) is 1. The van der Waals surface area contributed by atoms with E-state index in [4.69, 9.17) is 10.5 Å². The zero-order valence-corrected chi connectivity index (χ0v) is 14.4. The third-order valence-corrected chi connectivity index (χ3v) is 4.14. The Morgan fingerprint density at radius 1 is 1.30 bits per heavy atom. The van der Waals surface area contributed by atoms with Crippen LogP contribution in [0, 0.1) is 10.5 Å². The summed E-state index contributed by atoms with van der Waals surface area (Å²) in [6.07, 6.45) is 0. The summed E-state index contributed by atoms with van der Waals surface area (Å²) in [7, 11) is 3.44. The molecule has 7 heteroatoms. The second-order valence-electron chi connectivity index (χ2n) is 4.88. The van der Waals surface area contributed by atoms with Gasteiger partial charge in [-0.2, -0.15) is 5.10 Å². The fourth-order valence-corrected chi connectivity index (χ4v) is 2.97. The molecule has 0 aliphatic carbocycles. The van der Waals surface area contributed by atoms with Crippen LogP contribution in [0.25, 0.3) is 11.4 Å². The van der Waals surface area contributed by atoms with Gasteiger partial charge >= 0.3 is 0 Å². The number of nitrogen functional groups attached to an aromatic ring is 1. The molecule has 6 nitrogen and oxygen atoms in total. The number of aryl methyl sites for hydroxylation is 2. The molecule has 0 aliphatic heterocycles. The van der Waals surface area contributed by atoms with Crippen molar-refractivity contribution in [2.45, 2.75) is 26.7 Å². The quantitative estimate of drug-likeness (QED) is 0.819. The largest absolute Gasteiger partial charge is 0.481 e. The van der Waals surface area contributed by atoms with Gasteiger partial charge in [0.05, 0.1) is 22.1 Å². The predicted molar refractivity (Wildman–Crippen MR) is 86.7 cm³/mol. The molecule has 2 rings (SSSR count). The molecule has 0 atom stereocenters. The minimum Gasteiger partial charge on any atom is -0.481 e. The highest BCUT2D eigenvalue weighted by molar-refractivity contribution is 14.1. The first-order valence-corrected chi connectivity index (χ1v) is 7.35. The average molecular weight is 387 g/mol. The fourth-order valence-electron chi connectivity index (χ4n) is 2.11. The van der Waals surface area contributed by atoms with E-state index in [0.717, 1.165) is 20.5 Å². The van der Waals surface area contributed by atoms with Crippen LogP contribution in [0.15, 0.2) is 0 Å². The van der Waals surface area contributed by atoms with Gasteiger partial charge in [-0.05, 0) is 35.4 Å². The molecule has 20 heavy (non-hydrogen) atoms. The molecule has 0 fully saturated rings. The van der Waals surface area contributed by atoms with Crippen LogP contribution in [0.3, 0.4) is 0 Å². The molecule has 2 heterocycles. The third-order valence-electron chi connectivity index (χ3n) is 3.04. The van der Waals surface area contributed by atoms with E-state index in [2.05, 4.69) is 51.5 Å². The summed E-state index contributed by atoms with van der Waals surface area (Å²) >= 11 is 2.19. The first kappa shape index (κ1) is 15.0. The van der Waals surface area contributed by atoms with Crippen molar-refractivity contribution in [1.82, 2.24) is 19.7 Å². The molecule has 2 aromatic rings. The van der Waals surface area contributed by atoms with Crippen LogP contribution in [0.1, 0.15) is 31.2 Å². The normalized spacial score (nSPS) is 11.2. The average Bonchev–Trinajstić information content (AvgIpc) is 2.66. The number of nitrogens with two attached hydrogens (primary N) is 1. The van der Waals surface area contributed by atoms with E-state index >= 15 is 0 Å². The minimum atomic E-state index is 0.272. The lowest BCUT2D eigenvalue weighted by Crippen LogP contribution is -2.07. The summed E-state index contributed by atoms with van der Waals surface area (Å²) in [5, 5.41) is 4.35. The van der Waals surface area contributed by atoms with Crippen LogP contribution in [-0.4, -0.2) is 26.9 Å². The highest BCUT2D eigenvalue weighted by atomic mass is 127. The molecule has 0 saturated heterocycles. The summed E-state index contributed by atoms with van der Waals surface area (Å²) in [6, 6.07) is 0. The first-order valence-electron chi connectivity index (χ1n) is 6.27. The van der Waals surface area contributed by atoms with Gasteiger partial charge in [0.1, 0.15) is 11.4 Å². The summed E-state index contributed by atoms with van der Waals surface area (Å²) < 4.78 is 7.98. The molecule has 108 valence electrons. The van der Waals surface area contributed by atoms with Crippen molar-refractivity contribution in [2.75, 3.05) is 12.8 Å². The molecule has 0 saturated carbocycles. The second kappa shape index (κ2) is 5.55. The molecular weight excluding hydrogens is 369 g/mol. The summed E-state index contributed by atoms with van der Waals surface area (Å²) in [4.78, 5) is 9.05. The Hall–Kier alpha value is -1.38. The lowest BCUT2D eigenvalue weighted by Gasteiger charge is -2.12. The summed E-state index contributed by atoms with van der Waals surface area (Å²) in [5.41, 5.74) is 8.57. The monoisotopic (exact) mass is 387 g/mol. The SMILES string of the molecule is COc1c(-c2nc(N)c(I)c(C(C)C)n2)c(C)nn1C. The molecule has 0 radical (unpaired) electrons. The fraction of sp³-hybridized carbons (Fsp3) is 0.462. The van der Waals surface area contributed by atoms with Crippen molar-refractivity contribution in [3.8, 4) is 17.3 Å². The molecule has 0 bridgehead atoms. The standard InChI is InChI=1S/C13H18IN5O/c1-6(2)10-9(14)11(15)17-12(16-10)8-7(3)18-19(4)13(8)20-5/h6H,1-5H3,(H2,15,16,17). The number of anilines is 1. The van der Waals surface area contributed by atoms with Gasteiger partial charge < -0.3 is 10.5 Å². The van der Waals surface area contributed by atoms with Crippen molar-refractivity contribution in [3.63, 3.8) is 0 Å². The highest BCUT2D eigenvalue weighted by Gasteiger charge is 2.21. The number of hydrogen-bond acceptors (Lipinski definition) is 5. The first-order chi connectivity index (χ1) is 9.36. The van der Waals surface area contributed by atoms with E-state index in [9.17, 15) is 0 Å². The maximum Gasteiger partial charge on any atom is 0.222 e. The van der Waals surface area contributed by atoms with Crippen molar-refractivity contribution >= 4 is 28.4 Å². The van der Waals surface area contributed by atoms with E-state index in [1.807, 2.05) is 14.0 Å². The van der Waals surface area contributed by atoms with Gasteiger partial charge in [-0.3, -0.25) is 0 Å². The molecule has 0 unspecified atom stereocenters. The van der Waals surface area contributed by atoms with Crippen LogP contribution >= 0.6 is 22.6 Å². The molecule has 2 N–H and O–H groups in total. The van der Waals surface area contributed by atoms with Gasteiger partial charge in [0.2, 0.25) is 5.88 Å². The minimum absolute atomic E-state index is 0.272. The van der Waals surface area contributed by atoms with Crippen molar-refractivity contribution in [1.29, 1.82) is 0 Å². The lowest BCUT2D eigenvalue weighted by molar-refractivity contribution is 0.374. The Balaban J connectivity index is 2.71. The van der Waals surface area contributed by atoms with Gasteiger partial charge in [-0.25, -0.2) is 14.6 Å². The Kier molecular flexibility index (Phi) is 4.17. The molecule has 0 aliphatic rings. The molecule has 2 aromatic heterocycles. The van der Waals surface area contributed by atoms with Crippen LogP contribution in [0.2, 0.25) is 0 Å². The van der Waals surface area contributed by atoms with Gasteiger partial charge in [0.25, 0.3) is 0 Å². The van der Waals surface area contributed by atoms with Crippen LogP contribution in [0.4, 0.5) is 5.82 Å². The van der Waals surface area contributed by atoms with Crippen molar-refractivity contribution in [3.05, 3.63) is 15.0 Å². The van der Waals surface area contributed by atoms with Crippen LogP contribution < -0.4 is 10.5 Å². The molecule has 0 spiro atoms. The summed E-state index contributed by atoms with van der Waals surface area (Å²) in [6.45, 7) is 6.08. The zero-order chi connectivity index (χ0) is 15.0. The van der Waals surface area contributed by atoms with E-state index in [0.29, 0.717) is 17.5 Å². The Bertz CT molecular complexity index is 651.